The van der Waals surface area contributed by atoms with E-state index in [2.05, 4.69) is 4.98 Å². The molecule has 0 saturated heterocycles. The Morgan fingerprint density at radius 2 is 2.00 bits per heavy atom. The molecule has 0 aliphatic heterocycles. The summed E-state index contributed by atoms with van der Waals surface area (Å²) < 4.78 is 0. The second-order valence-corrected chi connectivity index (χ2v) is 4.01. The molecule has 1 N–H and O–H groups in total. The van der Waals surface area contributed by atoms with Crippen LogP contribution in [0, 0.1) is 0 Å². The topological polar surface area (TPSA) is 33.1 Å². The number of rotatable bonds is 3. The van der Waals surface area contributed by atoms with Crippen LogP contribution < -0.4 is 0 Å². The van der Waals surface area contributed by atoms with Gasteiger partial charge in [0.1, 0.15) is 5.01 Å². The maximum absolute atomic E-state index is 8.86. The van der Waals surface area contributed by atoms with Crippen LogP contribution in [-0.2, 0) is 6.61 Å². The summed E-state index contributed by atoms with van der Waals surface area (Å²) in [7, 11) is 0. The molecule has 2 aromatic rings. The second kappa shape index (κ2) is 4.87. The van der Waals surface area contributed by atoms with Gasteiger partial charge in [-0.25, -0.2) is 4.98 Å². The SMILES string of the molecule is OCc1nc(C=Cc2ccccc2)cs1. The van der Waals surface area contributed by atoms with Gasteiger partial charge in [-0.1, -0.05) is 36.4 Å². The molecule has 2 rings (SSSR count). The first-order valence-electron chi connectivity index (χ1n) is 4.67. The molecule has 0 atom stereocenters. The smallest absolute Gasteiger partial charge is 0.119 e. The van der Waals surface area contributed by atoms with Crippen LogP contribution in [0.15, 0.2) is 35.7 Å². The van der Waals surface area contributed by atoms with E-state index in [1.807, 2.05) is 47.9 Å². The molecule has 0 spiro atoms. The van der Waals surface area contributed by atoms with E-state index in [1.54, 1.807) is 0 Å². The summed E-state index contributed by atoms with van der Waals surface area (Å²) in [6.45, 7) is 0.0177. The fourth-order valence-electron chi connectivity index (χ4n) is 1.22. The molecule has 0 unspecified atom stereocenters. The van der Waals surface area contributed by atoms with Crippen molar-refractivity contribution in [2.24, 2.45) is 0 Å². The third kappa shape index (κ3) is 2.75. The molecule has 1 aromatic heterocycles. The molecule has 0 aliphatic carbocycles. The van der Waals surface area contributed by atoms with E-state index in [1.165, 1.54) is 11.3 Å². The Morgan fingerprint density at radius 3 is 2.67 bits per heavy atom. The van der Waals surface area contributed by atoms with Crippen molar-refractivity contribution in [2.75, 3.05) is 0 Å². The molecule has 76 valence electrons. The standard InChI is InChI=1S/C12H11NOS/c14-8-12-13-11(9-15-12)7-6-10-4-2-1-3-5-10/h1-7,9,14H,8H2. The number of aromatic nitrogens is 1. The molecule has 0 amide bonds. The van der Waals surface area contributed by atoms with Crippen LogP contribution in [0.2, 0.25) is 0 Å². The number of thiazole rings is 1. The van der Waals surface area contributed by atoms with Crippen LogP contribution in [0.25, 0.3) is 12.2 Å². The number of nitrogens with zero attached hydrogens (tertiary/aromatic N) is 1. The van der Waals surface area contributed by atoms with Gasteiger partial charge in [0.25, 0.3) is 0 Å². The van der Waals surface area contributed by atoms with Crippen molar-refractivity contribution in [1.29, 1.82) is 0 Å². The minimum absolute atomic E-state index is 0.0177. The van der Waals surface area contributed by atoms with E-state index in [0.29, 0.717) is 0 Å². The highest BCUT2D eigenvalue weighted by Gasteiger charge is 1.96. The van der Waals surface area contributed by atoms with Crippen molar-refractivity contribution in [3.63, 3.8) is 0 Å². The van der Waals surface area contributed by atoms with Crippen molar-refractivity contribution in [1.82, 2.24) is 4.98 Å². The molecular formula is C12H11NOS. The van der Waals surface area contributed by atoms with E-state index >= 15 is 0 Å². The highest BCUT2D eigenvalue weighted by molar-refractivity contribution is 7.09. The quantitative estimate of drug-likeness (QED) is 0.857. The van der Waals surface area contributed by atoms with Gasteiger partial charge in [-0.2, -0.15) is 0 Å². The molecule has 1 heterocycles. The summed E-state index contributed by atoms with van der Waals surface area (Å²) in [5.41, 5.74) is 2.05. The lowest BCUT2D eigenvalue weighted by atomic mass is 10.2. The van der Waals surface area contributed by atoms with Gasteiger partial charge in [-0.05, 0) is 11.6 Å². The van der Waals surface area contributed by atoms with Gasteiger partial charge < -0.3 is 5.11 Å². The molecule has 0 fully saturated rings. The first-order valence-corrected chi connectivity index (χ1v) is 5.55. The Kier molecular flexibility index (Phi) is 3.27. The van der Waals surface area contributed by atoms with Crippen molar-refractivity contribution >= 4 is 23.5 Å². The fourth-order valence-corrected chi connectivity index (χ4v) is 1.84. The first kappa shape index (κ1) is 10.1. The Morgan fingerprint density at radius 1 is 1.20 bits per heavy atom. The van der Waals surface area contributed by atoms with Gasteiger partial charge in [0.15, 0.2) is 0 Å². The van der Waals surface area contributed by atoms with Gasteiger partial charge in [-0.15, -0.1) is 11.3 Å². The summed E-state index contributed by atoms with van der Waals surface area (Å²) in [5.74, 6) is 0. The van der Waals surface area contributed by atoms with Crippen LogP contribution in [0.4, 0.5) is 0 Å². The zero-order chi connectivity index (χ0) is 10.5. The van der Waals surface area contributed by atoms with E-state index < -0.39 is 0 Å². The number of aliphatic hydroxyl groups excluding tert-OH is 1. The molecule has 1 aromatic carbocycles. The van der Waals surface area contributed by atoms with Crippen LogP contribution in [0.5, 0.6) is 0 Å². The van der Waals surface area contributed by atoms with Crippen LogP contribution in [-0.4, -0.2) is 10.1 Å². The van der Waals surface area contributed by atoms with Gasteiger partial charge in [0, 0.05) is 5.38 Å². The molecule has 2 nitrogen and oxygen atoms in total. The number of hydrogen-bond donors (Lipinski definition) is 1. The Bertz CT molecular complexity index is 448. The molecule has 0 saturated carbocycles. The number of aliphatic hydroxyl groups is 1. The lowest BCUT2D eigenvalue weighted by molar-refractivity contribution is 0.281. The second-order valence-electron chi connectivity index (χ2n) is 3.07. The van der Waals surface area contributed by atoms with Crippen molar-refractivity contribution < 1.29 is 5.11 Å². The normalized spacial score (nSPS) is 11.0. The first-order chi connectivity index (χ1) is 7.38. The van der Waals surface area contributed by atoms with E-state index in [0.717, 1.165) is 16.3 Å². The zero-order valence-corrected chi connectivity index (χ0v) is 8.95. The molecule has 3 heteroatoms. The van der Waals surface area contributed by atoms with Crippen LogP contribution in [0.1, 0.15) is 16.3 Å². The largest absolute Gasteiger partial charge is 0.389 e. The summed E-state index contributed by atoms with van der Waals surface area (Å²) in [4.78, 5) is 4.23. The third-order valence-electron chi connectivity index (χ3n) is 1.95. The van der Waals surface area contributed by atoms with E-state index in [9.17, 15) is 0 Å². The minimum atomic E-state index is 0.0177. The summed E-state index contributed by atoms with van der Waals surface area (Å²) >= 11 is 1.47. The number of hydrogen-bond acceptors (Lipinski definition) is 3. The Labute approximate surface area is 92.5 Å². The van der Waals surface area contributed by atoms with Gasteiger partial charge in [0.2, 0.25) is 0 Å². The molecule has 15 heavy (non-hydrogen) atoms. The predicted octanol–water partition coefficient (Wildman–Crippen LogP) is 2.81. The monoisotopic (exact) mass is 217 g/mol. The van der Waals surface area contributed by atoms with E-state index in [4.69, 9.17) is 5.11 Å². The fraction of sp³-hybridized carbons (Fsp3) is 0.0833. The summed E-state index contributed by atoms with van der Waals surface area (Å²) in [6.07, 6.45) is 3.96. The lowest BCUT2D eigenvalue weighted by Gasteiger charge is -1.89. The average molecular weight is 217 g/mol. The van der Waals surface area contributed by atoms with Crippen LogP contribution >= 0.6 is 11.3 Å². The van der Waals surface area contributed by atoms with Crippen molar-refractivity contribution in [2.45, 2.75) is 6.61 Å². The predicted molar refractivity (Wildman–Crippen MR) is 63.4 cm³/mol. The van der Waals surface area contributed by atoms with Gasteiger partial charge in [-0.3, -0.25) is 0 Å². The van der Waals surface area contributed by atoms with Crippen molar-refractivity contribution in [3.05, 3.63) is 52.0 Å². The van der Waals surface area contributed by atoms with Gasteiger partial charge >= 0.3 is 0 Å². The molecular weight excluding hydrogens is 206 g/mol. The average Bonchev–Trinajstić information content (AvgIpc) is 2.76. The third-order valence-corrected chi connectivity index (χ3v) is 2.80. The number of benzene rings is 1. The Balaban J connectivity index is 2.11. The van der Waals surface area contributed by atoms with Gasteiger partial charge in [0.05, 0.1) is 12.3 Å². The molecule has 0 aliphatic rings. The molecule has 0 radical (unpaired) electrons. The van der Waals surface area contributed by atoms with E-state index in [-0.39, 0.29) is 6.61 Å². The maximum atomic E-state index is 8.86. The highest BCUT2D eigenvalue weighted by atomic mass is 32.1. The van der Waals surface area contributed by atoms with Crippen LogP contribution in [0.3, 0.4) is 0 Å². The highest BCUT2D eigenvalue weighted by Crippen LogP contribution is 2.12. The molecule has 0 bridgehead atoms. The lowest BCUT2D eigenvalue weighted by Crippen LogP contribution is -1.79. The minimum Gasteiger partial charge on any atom is -0.389 e. The summed E-state index contributed by atoms with van der Waals surface area (Å²) in [5, 5.41) is 11.5. The maximum Gasteiger partial charge on any atom is 0.119 e. The summed E-state index contributed by atoms with van der Waals surface area (Å²) in [6, 6.07) is 10.1. The Hall–Kier alpha value is -1.45. The van der Waals surface area contributed by atoms with Crippen molar-refractivity contribution in [3.8, 4) is 0 Å². The zero-order valence-electron chi connectivity index (χ0n) is 8.13.